The van der Waals surface area contributed by atoms with Crippen molar-refractivity contribution in [2.75, 3.05) is 19.8 Å². The monoisotopic (exact) mass is 922 g/mol. The second-order valence-electron chi connectivity index (χ2n) is 18.6. The van der Waals surface area contributed by atoms with E-state index in [9.17, 15) is 35.1 Å². The Morgan fingerprint density at radius 3 is 1.52 bits per heavy atom. The van der Waals surface area contributed by atoms with Crippen LogP contribution in [-0.4, -0.2) is 100 Å². The highest BCUT2D eigenvalue weighted by Gasteiger charge is 2.44. The molecule has 1 fully saturated rings. The zero-order valence-corrected chi connectivity index (χ0v) is 41.4. The van der Waals surface area contributed by atoms with Crippen LogP contribution in [0.5, 0.6) is 0 Å². The number of unbranched alkanes of at least 4 members (excludes halogenated alkanes) is 28. The molecule has 6 N–H and O–H groups in total. The molecule has 0 aliphatic carbocycles. The second-order valence-corrected chi connectivity index (χ2v) is 18.6. The third kappa shape index (κ3) is 34.8. The molecular formula is C54H99NO10. The van der Waals surface area contributed by atoms with Gasteiger partial charge in [0.2, 0.25) is 5.91 Å². The first-order chi connectivity index (χ1) is 31.7. The molecule has 0 bridgehead atoms. The lowest BCUT2D eigenvalue weighted by Gasteiger charge is -2.40. The number of aliphatic hydroxyl groups is 5. The number of esters is 1. The van der Waals surface area contributed by atoms with Crippen molar-refractivity contribution in [3.05, 3.63) is 36.5 Å². The van der Waals surface area contributed by atoms with Crippen molar-refractivity contribution in [2.45, 2.75) is 275 Å². The van der Waals surface area contributed by atoms with E-state index in [-0.39, 0.29) is 18.5 Å². The van der Waals surface area contributed by atoms with Gasteiger partial charge in [-0.15, -0.1) is 0 Å². The van der Waals surface area contributed by atoms with Crippen molar-refractivity contribution in [3.8, 4) is 0 Å². The van der Waals surface area contributed by atoms with E-state index in [2.05, 4.69) is 30.5 Å². The SMILES string of the molecule is C/C=C/CC/C=C/CC/C=C/C(O)C(COC1OC(CO)C(O)C(O)C1O)NC(=O)CCCCCCCCCCCCCCCCCCCOC(=O)CCCCCCCCCCCCC. The smallest absolute Gasteiger partial charge is 0.305 e. The van der Waals surface area contributed by atoms with Gasteiger partial charge in [-0.25, -0.2) is 0 Å². The molecule has 0 spiro atoms. The van der Waals surface area contributed by atoms with Crippen LogP contribution >= 0.6 is 0 Å². The maximum absolute atomic E-state index is 12.9. The van der Waals surface area contributed by atoms with Crippen molar-refractivity contribution >= 4 is 11.9 Å². The lowest BCUT2D eigenvalue weighted by molar-refractivity contribution is -0.302. The van der Waals surface area contributed by atoms with E-state index in [1.54, 1.807) is 6.08 Å². The van der Waals surface area contributed by atoms with Crippen LogP contribution in [0.15, 0.2) is 36.5 Å². The van der Waals surface area contributed by atoms with Crippen molar-refractivity contribution < 1.29 is 49.3 Å². The lowest BCUT2D eigenvalue weighted by atomic mass is 9.99. The van der Waals surface area contributed by atoms with Gasteiger partial charge in [-0.3, -0.25) is 9.59 Å². The Bertz CT molecular complexity index is 1180. The molecule has 0 aromatic heterocycles. The highest BCUT2D eigenvalue weighted by molar-refractivity contribution is 5.76. The average Bonchev–Trinajstić information content (AvgIpc) is 3.30. The number of amides is 1. The summed E-state index contributed by atoms with van der Waals surface area (Å²) < 4.78 is 16.6. The topological polar surface area (TPSA) is 175 Å². The molecule has 7 unspecified atom stereocenters. The quantitative estimate of drug-likeness (QED) is 0.0196. The fraction of sp³-hybridized carbons (Fsp3) is 0.852. The lowest BCUT2D eigenvalue weighted by Crippen LogP contribution is -2.60. The fourth-order valence-electron chi connectivity index (χ4n) is 8.30. The summed E-state index contributed by atoms with van der Waals surface area (Å²) in [5.41, 5.74) is 0. The Labute approximate surface area is 396 Å². The second kappa shape index (κ2) is 44.4. The van der Waals surface area contributed by atoms with Gasteiger partial charge in [0, 0.05) is 12.8 Å². The molecule has 1 heterocycles. The number of carbonyl (C=O) groups is 2. The minimum atomic E-state index is -1.58. The number of allylic oxidation sites excluding steroid dienone is 5. The van der Waals surface area contributed by atoms with Crippen molar-refractivity contribution in [3.63, 3.8) is 0 Å². The molecule has 0 radical (unpaired) electrons. The van der Waals surface area contributed by atoms with E-state index >= 15 is 0 Å². The summed E-state index contributed by atoms with van der Waals surface area (Å²) >= 11 is 0. The summed E-state index contributed by atoms with van der Waals surface area (Å²) in [4.78, 5) is 25.0. The molecule has 0 saturated carbocycles. The normalized spacial score (nSPS) is 20.0. The maximum Gasteiger partial charge on any atom is 0.305 e. The number of hydrogen-bond acceptors (Lipinski definition) is 10. The highest BCUT2D eigenvalue weighted by atomic mass is 16.7. The van der Waals surface area contributed by atoms with Gasteiger partial charge >= 0.3 is 5.97 Å². The molecular weight excluding hydrogens is 823 g/mol. The van der Waals surface area contributed by atoms with E-state index in [4.69, 9.17) is 14.2 Å². The minimum absolute atomic E-state index is 0.0137. The molecule has 0 aromatic carbocycles. The minimum Gasteiger partial charge on any atom is -0.466 e. The molecule has 1 saturated heterocycles. The number of ether oxygens (including phenoxy) is 3. The summed E-state index contributed by atoms with van der Waals surface area (Å²) in [6.07, 6.45) is 42.6. The van der Waals surface area contributed by atoms with Crippen LogP contribution < -0.4 is 5.32 Å². The Kier molecular flexibility index (Phi) is 41.6. The standard InChI is InChI=1S/C54H99NO10/c1-3-5-7-9-11-13-21-26-30-34-38-42-50(59)63-43-39-35-31-27-23-20-18-16-14-15-17-19-22-25-29-33-37-41-49(58)55-46(47(57)40-36-32-28-24-12-10-8-6-4-2)45-64-54-53(62)52(61)51(60)48(44-56)65-54/h4,6,12,24,36,40,46-48,51-54,56-57,60-62H,3,5,7-11,13-23,25-35,37-39,41-45H2,1-2H3,(H,55,58)/b6-4+,24-12+,40-36+. The van der Waals surface area contributed by atoms with Crippen molar-refractivity contribution in [2.24, 2.45) is 0 Å². The predicted octanol–water partition coefficient (Wildman–Crippen LogP) is 11.2. The van der Waals surface area contributed by atoms with E-state index in [0.29, 0.717) is 19.4 Å². The summed E-state index contributed by atoms with van der Waals surface area (Å²) in [6, 6.07) is -0.836. The zero-order valence-electron chi connectivity index (χ0n) is 41.4. The van der Waals surface area contributed by atoms with Gasteiger partial charge in [-0.05, 0) is 51.9 Å². The molecule has 1 amide bonds. The van der Waals surface area contributed by atoms with Crippen molar-refractivity contribution in [1.82, 2.24) is 5.32 Å². The fourth-order valence-corrected chi connectivity index (χ4v) is 8.30. The Morgan fingerprint density at radius 1 is 0.585 bits per heavy atom. The predicted molar refractivity (Wildman–Crippen MR) is 264 cm³/mol. The van der Waals surface area contributed by atoms with Crippen LogP contribution in [0, 0.1) is 0 Å². The van der Waals surface area contributed by atoms with Crippen LogP contribution in [0.3, 0.4) is 0 Å². The summed E-state index contributed by atoms with van der Waals surface area (Å²) in [6.45, 7) is 4.06. The van der Waals surface area contributed by atoms with Crippen LogP contribution in [0.25, 0.3) is 0 Å². The van der Waals surface area contributed by atoms with E-state index in [1.807, 2.05) is 19.1 Å². The number of hydrogen-bond donors (Lipinski definition) is 6. The van der Waals surface area contributed by atoms with Gasteiger partial charge in [-0.2, -0.15) is 0 Å². The number of nitrogens with one attached hydrogen (secondary N) is 1. The molecule has 7 atom stereocenters. The molecule has 1 rings (SSSR count). The molecule has 380 valence electrons. The molecule has 1 aliphatic heterocycles. The number of aliphatic hydroxyl groups excluding tert-OH is 5. The zero-order chi connectivity index (χ0) is 47.4. The Balaban J connectivity index is 2.08. The van der Waals surface area contributed by atoms with E-state index < -0.39 is 49.5 Å². The number of rotatable bonds is 45. The first-order valence-corrected chi connectivity index (χ1v) is 26.7. The van der Waals surface area contributed by atoms with Crippen LogP contribution in [-0.2, 0) is 23.8 Å². The molecule has 11 nitrogen and oxygen atoms in total. The summed E-state index contributed by atoms with van der Waals surface area (Å²) in [5, 5.41) is 54.0. The van der Waals surface area contributed by atoms with Crippen LogP contribution in [0.1, 0.15) is 232 Å². The maximum atomic E-state index is 12.9. The van der Waals surface area contributed by atoms with Gasteiger partial charge in [0.05, 0.1) is 32.0 Å². The third-order valence-electron chi connectivity index (χ3n) is 12.6. The molecule has 0 aromatic rings. The molecule has 11 heteroatoms. The van der Waals surface area contributed by atoms with Gasteiger partial charge in [0.15, 0.2) is 6.29 Å². The Hall–Kier alpha value is -2.12. The van der Waals surface area contributed by atoms with Gasteiger partial charge in [0.1, 0.15) is 24.4 Å². The van der Waals surface area contributed by atoms with E-state index in [0.717, 1.165) is 77.0 Å². The largest absolute Gasteiger partial charge is 0.466 e. The highest BCUT2D eigenvalue weighted by Crippen LogP contribution is 2.23. The van der Waals surface area contributed by atoms with Crippen LogP contribution in [0.2, 0.25) is 0 Å². The van der Waals surface area contributed by atoms with Gasteiger partial charge in [-0.1, -0.05) is 204 Å². The summed E-state index contributed by atoms with van der Waals surface area (Å²) in [7, 11) is 0. The Morgan fingerprint density at radius 2 is 1.03 bits per heavy atom. The summed E-state index contributed by atoms with van der Waals surface area (Å²) in [5.74, 6) is -0.219. The van der Waals surface area contributed by atoms with E-state index in [1.165, 1.54) is 128 Å². The van der Waals surface area contributed by atoms with Crippen molar-refractivity contribution in [1.29, 1.82) is 0 Å². The van der Waals surface area contributed by atoms with Gasteiger partial charge in [0.25, 0.3) is 0 Å². The third-order valence-corrected chi connectivity index (χ3v) is 12.6. The first kappa shape index (κ1) is 60.9. The molecule has 1 aliphatic rings. The number of carbonyl (C=O) groups excluding carboxylic acids is 2. The van der Waals surface area contributed by atoms with Gasteiger partial charge < -0.3 is 45.1 Å². The first-order valence-electron chi connectivity index (χ1n) is 26.7. The van der Waals surface area contributed by atoms with Crippen LogP contribution in [0.4, 0.5) is 0 Å². The molecule has 65 heavy (non-hydrogen) atoms. The average molecular weight is 922 g/mol.